The molecule has 1 aromatic carbocycles. The van der Waals surface area contributed by atoms with Gasteiger partial charge in [-0.15, -0.1) is 0 Å². The molecule has 1 amide bonds. The van der Waals surface area contributed by atoms with Gasteiger partial charge in [0.25, 0.3) is 5.91 Å². The number of carbonyl (C=O) groups is 1. The number of carbonyl (C=O) groups excluding carboxylic acids is 1. The van der Waals surface area contributed by atoms with Crippen molar-refractivity contribution >= 4 is 28.9 Å². The van der Waals surface area contributed by atoms with E-state index in [1.165, 1.54) is 24.6 Å². The first kappa shape index (κ1) is 15.2. The van der Waals surface area contributed by atoms with Gasteiger partial charge < -0.3 is 5.32 Å². The predicted molar refractivity (Wildman–Crippen MR) is 97.0 cm³/mol. The quantitative estimate of drug-likeness (QED) is 0.873. The Morgan fingerprint density at radius 1 is 1.25 bits per heavy atom. The molecule has 1 aromatic heterocycles. The second-order valence-electron chi connectivity index (χ2n) is 5.99. The minimum Gasteiger partial charge on any atom is -0.301 e. The maximum atomic E-state index is 12.1. The lowest BCUT2D eigenvalue weighted by Crippen LogP contribution is -2.21. The van der Waals surface area contributed by atoms with Crippen molar-refractivity contribution in [3.63, 3.8) is 0 Å². The molecule has 2 fully saturated rings. The zero-order chi connectivity index (χ0) is 16.4. The zero-order valence-corrected chi connectivity index (χ0v) is 14.0. The van der Waals surface area contributed by atoms with Gasteiger partial charge in [-0.05, 0) is 42.8 Å². The number of benzene rings is 1. The van der Waals surface area contributed by atoms with Crippen molar-refractivity contribution in [2.45, 2.75) is 31.7 Å². The Bertz CT molecular complexity index is 803. The van der Waals surface area contributed by atoms with Crippen LogP contribution in [0.3, 0.4) is 0 Å². The van der Waals surface area contributed by atoms with E-state index in [1.54, 1.807) is 10.9 Å². The minimum absolute atomic E-state index is 0.0794. The van der Waals surface area contributed by atoms with Gasteiger partial charge in [0.1, 0.15) is 0 Å². The molecule has 122 valence electrons. The fourth-order valence-corrected chi connectivity index (χ4v) is 3.86. The normalized spacial score (nSPS) is 21.8. The summed E-state index contributed by atoms with van der Waals surface area (Å²) in [5, 5.41) is 7.95. The summed E-state index contributed by atoms with van der Waals surface area (Å²) in [7, 11) is 0. The van der Waals surface area contributed by atoms with E-state index in [9.17, 15) is 4.79 Å². The number of para-hydroxylation sites is 1. The van der Waals surface area contributed by atoms with Crippen molar-refractivity contribution in [1.29, 1.82) is 0 Å². The summed E-state index contributed by atoms with van der Waals surface area (Å²) in [6.07, 6.45) is 10.3. The van der Waals surface area contributed by atoms with Crippen LogP contribution in [0.4, 0.5) is 0 Å². The van der Waals surface area contributed by atoms with Gasteiger partial charge in [0.15, 0.2) is 5.17 Å². The van der Waals surface area contributed by atoms with Crippen LogP contribution in [0.2, 0.25) is 0 Å². The molecule has 1 saturated carbocycles. The monoisotopic (exact) mass is 338 g/mol. The van der Waals surface area contributed by atoms with Crippen LogP contribution in [0.25, 0.3) is 11.8 Å². The topological polar surface area (TPSA) is 59.3 Å². The fourth-order valence-electron chi connectivity index (χ4n) is 2.97. The number of rotatable bonds is 3. The van der Waals surface area contributed by atoms with Crippen LogP contribution in [0, 0.1) is 0 Å². The molecule has 0 bridgehead atoms. The van der Waals surface area contributed by atoms with E-state index < -0.39 is 0 Å². The smallest absolute Gasteiger partial charge is 0.264 e. The highest BCUT2D eigenvalue weighted by Gasteiger charge is 2.25. The summed E-state index contributed by atoms with van der Waals surface area (Å²) in [6, 6.07) is 10.3. The summed E-state index contributed by atoms with van der Waals surface area (Å²) >= 11 is 1.42. The Hall–Kier alpha value is -2.34. The molecule has 1 aliphatic heterocycles. The van der Waals surface area contributed by atoms with Gasteiger partial charge in [-0.2, -0.15) is 5.10 Å². The van der Waals surface area contributed by atoms with Gasteiger partial charge in [-0.1, -0.05) is 31.0 Å². The number of nitrogens with zero attached hydrogens (tertiary/aromatic N) is 3. The highest BCUT2D eigenvalue weighted by atomic mass is 32.2. The standard InChI is InChI=1S/C18H18N4OS/c23-17-16(24-18(21-17)20-14-6-4-5-7-14)10-13-11-19-22(12-13)15-8-2-1-3-9-15/h1-3,8-12,14H,4-7H2,(H,20,21,23)/b16-10-. The van der Waals surface area contributed by atoms with Gasteiger partial charge in [-0.25, -0.2) is 4.68 Å². The van der Waals surface area contributed by atoms with Crippen LogP contribution in [-0.4, -0.2) is 26.9 Å². The Kier molecular flexibility index (Phi) is 4.21. The summed E-state index contributed by atoms with van der Waals surface area (Å²) < 4.78 is 1.80. The molecule has 24 heavy (non-hydrogen) atoms. The Morgan fingerprint density at radius 3 is 2.83 bits per heavy atom. The minimum atomic E-state index is -0.0794. The first-order valence-electron chi connectivity index (χ1n) is 8.17. The number of hydrogen-bond acceptors (Lipinski definition) is 4. The molecule has 0 spiro atoms. The van der Waals surface area contributed by atoms with Crippen molar-refractivity contribution in [2.75, 3.05) is 0 Å². The number of amidine groups is 1. The molecule has 6 heteroatoms. The third-order valence-corrected chi connectivity index (χ3v) is 5.12. The Balaban J connectivity index is 1.51. The van der Waals surface area contributed by atoms with E-state index in [-0.39, 0.29) is 5.91 Å². The van der Waals surface area contributed by atoms with E-state index >= 15 is 0 Å². The number of aliphatic imine (C=N–C) groups is 1. The molecule has 0 unspecified atom stereocenters. The van der Waals surface area contributed by atoms with Crippen LogP contribution >= 0.6 is 11.8 Å². The summed E-state index contributed by atoms with van der Waals surface area (Å²) in [5.41, 5.74) is 1.90. The summed E-state index contributed by atoms with van der Waals surface area (Å²) in [6.45, 7) is 0. The molecule has 4 rings (SSSR count). The Morgan fingerprint density at radius 2 is 2.04 bits per heavy atom. The SMILES string of the molecule is O=C1NC(=NC2CCCC2)S/C1=C\c1cnn(-c2ccccc2)c1. The van der Waals surface area contributed by atoms with Gasteiger partial charge in [-0.3, -0.25) is 9.79 Å². The van der Waals surface area contributed by atoms with Crippen molar-refractivity contribution in [1.82, 2.24) is 15.1 Å². The lowest BCUT2D eigenvalue weighted by Gasteiger charge is -2.02. The molecule has 5 nitrogen and oxygen atoms in total. The second-order valence-corrected chi connectivity index (χ2v) is 7.02. The van der Waals surface area contributed by atoms with Gasteiger partial charge in [0.05, 0.1) is 22.8 Å². The van der Waals surface area contributed by atoms with Gasteiger partial charge >= 0.3 is 0 Å². The molecule has 0 radical (unpaired) electrons. The molecule has 2 aromatic rings. The highest BCUT2D eigenvalue weighted by molar-refractivity contribution is 8.18. The van der Waals surface area contributed by atoms with E-state index in [0.29, 0.717) is 10.9 Å². The maximum absolute atomic E-state index is 12.1. The molecular weight excluding hydrogens is 320 g/mol. The van der Waals surface area contributed by atoms with Crippen LogP contribution in [0.5, 0.6) is 0 Å². The summed E-state index contributed by atoms with van der Waals surface area (Å²) in [4.78, 5) is 17.5. The number of aromatic nitrogens is 2. The van der Waals surface area contributed by atoms with Crippen LogP contribution in [0.1, 0.15) is 31.2 Å². The molecule has 2 aliphatic rings. The zero-order valence-electron chi connectivity index (χ0n) is 13.2. The van der Waals surface area contributed by atoms with E-state index in [0.717, 1.165) is 29.3 Å². The van der Waals surface area contributed by atoms with Crippen LogP contribution in [0.15, 0.2) is 52.6 Å². The first-order valence-corrected chi connectivity index (χ1v) is 8.98. The predicted octanol–water partition coefficient (Wildman–Crippen LogP) is 3.37. The van der Waals surface area contributed by atoms with Gasteiger partial charge in [0.2, 0.25) is 0 Å². The Labute approximate surface area is 144 Å². The highest BCUT2D eigenvalue weighted by Crippen LogP contribution is 2.29. The molecule has 1 aliphatic carbocycles. The average molecular weight is 338 g/mol. The molecule has 1 saturated heterocycles. The van der Waals surface area contributed by atoms with Gasteiger partial charge in [0, 0.05) is 11.8 Å². The van der Waals surface area contributed by atoms with E-state index in [1.807, 2.05) is 42.6 Å². The molecule has 2 heterocycles. The van der Waals surface area contributed by atoms with Crippen molar-refractivity contribution in [3.8, 4) is 5.69 Å². The van der Waals surface area contributed by atoms with Crippen molar-refractivity contribution < 1.29 is 4.79 Å². The van der Waals surface area contributed by atoms with E-state index in [2.05, 4.69) is 15.4 Å². The van der Waals surface area contributed by atoms with Crippen molar-refractivity contribution in [2.24, 2.45) is 4.99 Å². The fraction of sp³-hybridized carbons (Fsp3) is 0.278. The third kappa shape index (κ3) is 3.28. The number of nitrogens with one attached hydrogen (secondary N) is 1. The average Bonchev–Trinajstić information content (AvgIpc) is 3.32. The maximum Gasteiger partial charge on any atom is 0.264 e. The van der Waals surface area contributed by atoms with Crippen LogP contribution < -0.4 is 5.32 Å². The molecular formula is C18H18N4OS. The van der Waals surface area contributed by atoms with Crippen LogP contribution in [-0.2, 0) is 4.79 Å². The van der Waals surface area contributed by atoms with E-state index in [4.69, 9.17) is 0 Å². The number of amides is 1. The number of thioether (sulfide) groups is 1. The lowest BCUT2D eigenvalue weighted by molar-refractivity contribution is -0.115. The largest absolute Gasteiger partial charge is 0.301 e. The lowest BCUT2D eigenvalue weighted by atomic mass is 10.3. The molecule has 1 N–H and O–H groups in total. The number of hydrogen-bond donors (Lipinski definition) is 1. The third-order valence-electron chi connectivity index (χ3n) is 4.20. The first-order chi connectivity index (χ1) is 11.8. The van der Waals surface area contributed by atoms with Crippen molar-refractivity contribution in [3.05, 3.63) is 53.2 Å². The second kappa shape index (κ2) is 6.65. The summed E-state index contributed by atoms with van der Waals surface area (Å²) in [5.74, 6) is -0.0794. The molecule has 0 atom stereocenters.